The van der Waals surface area contributed by atoms with Crippen molar-refractivity contribution in [3.8, 4) is 0 Å². The Kier molecular flexibility index (Phi) is 2.85. The third-order valence-corrected chi connectivity index (χ3v) is 2.91. The number of carbonyl (C=O) groups is 1. The zero-order valence-corrected chi connectivity index (χ0v) is 7.62. The average Bonchev–Trinajstić information content (AvgIpc) is 2.05. The average molecular weight is 172 g/mol. The molecule has 1 fully saturated rings. The van der Waals surface area contributed by atoms with Crippen LogP contribution in [0.5, 0.6) is 0 Å². The zero-order chi connectivity index (χ0) is 9.19. The fourth-order valence-corrected chi connectivity index (χ4v) is 1.89. The molecule has 0 heterocycles. The maximum Gasteiger partial charge on any atom is 0.128 e. The molecule has 3 atom stereocenters. The number of aliphatic hydroxyl groups excluding tert-OH is 1. The quantitative estimate of drug-likeness (QED) is 0.625. The van der Waals surface area contributed by atoms with Crippen molar-refractivity contribution in [2.45, 2.75) is 37.9 Å². The van der Waals surface area contributed by atoms with Crippen LogP contribution >= 0.6 is 0 Å². The molecular weight excluding hydrogens is 156 g/mol. The second kappa shape index (κ2) is 3.54. The lowest BCUT2D eigenvalue weighted by atomic mass is 9.75. The van der Waals surface area contributed by atoms with Gasteiger partial charge in [0.25, 0.3) is 0 Å². The number of rotatable bonds is 2. The lowest BCUT2D eigenvalue weighted by Gasteiger charge is -2.40. The number of aldehydes is 1. The number of ether oxygens (including phenoxy) is 1. The monoisotopic (exact) mass is 172 g/mol. The maximum atomic E-state index is 10.7. The van der Waals surface area contributed by atoms with Crippen molar-refractivity contribution in [1.82, 2.24) is 0 Å². The Labute approximate surface area is 72.7 Å². The van der Waals surface area contributed by atoms with Crippen molar-refractivity contribution in [3.63, 3.8) is 0 Å². The minimum absolute atomic E-state index is 0.365. The van der Waals surface area contributed by atoms with Gasteiger partial charge in [-0.3, -0.25) is 0 Å². The van der Waals surface area contributed by atoms with E-state index in [2.05, 4.69) is 0 Å². The Balaban J connectivity index is 2.76. The van der Waals surface area contributed by atoms with Crippen molar-refractivity contribution < 1.29 is 14.6 Å². The molecule has 0 aromatic heterocycles. The summed E-state index contributed by atoms with van der Waals surface area (Å²) in [5.41, 5.74) is -0.459. The highest BCUT2D eigenvalue weighted by Gasteiger charge is 2.41. The molecule has 1 rings (SSSR count). The highest BCUT2D eigenvalue weighted by molar-refractivity contribution is 5.57. The lowest BCUT2D eigenvalue weighted by molar-refractivity contribution is -0.140. The van der Waals surface area contributed by atoms with Crippen LogP contribution in [-0.2, 0) is 9.53 Å². The van der Waals surface area contributed by atoms with Crippen LogP contribution in [0.15, 0.2) is 0 Å². The van der Waals surface area contributed by atoms with Crippen LogP contribution < -0.4 is 0 Å². The summed E-state index contributed by atoms with van der Waals surface area (Å²) in [5.74, 6) is -0.365. The van der Waals surface area contributed by atoms with Gasteiger partial charge in [-0.15, -0.1) is 0 Å². The summed E-state index contributed by atoms with van der Waals surface area (Å²) in [6.07, 6.45) is 2.77. The zero-order valence-electron chi connectivity index (χ0n) is 7.62. The second-order valence-electron chi connectivity index (χ2n) is 3.64. The smallest absolute Gasteiger partial charge is 0.128 e. The molecule has 0 aromatic carbocycles. The fraction of sp³-hybridized carbons (Fsp3) is 0.889. The third kappa shape index (κ3) is 1.52. The highest BCUT2D eigenvalue weighted by Crippen LogP contribution is 2.34. The molecule has 0 amide bonds. The van der Waals surface area contributed by atoms with Crippen LogP contribution in [0.3, 0.4) is 0 Å². The Morgan fingerprint density at radius 3 is 2.75 bits per heavy atom. The second-order valence-corrected chi connectivity index (χ2v) is 3.64. The first-order chi connectivity index (χ1) is 5.64. The Morgan fingerprint density at radius 1 is 1.67 bits per heavy atom. The molecule has 0 aliphatic heterocycles. The maximum absolute atomic E-state index is 10.7. The molecule has 1 aliphatic carbocycles. The van der Waals surface area contributed by atoms with Gasteiger partial charge in [0.15, 0.2) is 0 Å². The normalized spacial score (nSPS) is 42.6. The molecule has 12 heavy (non-hydrogen) atoms. The van der Waals surface area contributed by atoms with E-state index in [-0.39, 0.29) is 5.92 Å². The van der Waals surface area contributed by atoms with Crippen molar-refractivity contribution >= 4 is 6.29 Å². The first kappa shape index (κ1) is 9.68. The summed E-state index contributed by atoms with van der Waals surface area (Å²) in [6.45, 7) is 1.88. The van der Waals surface area contributed by atoms with Crippen LogP contribution in [-0.4, -0.2) is 30.2 Å². The molecule has 1 aliphatic rings. The van der Waals surface area contributed by atoms with E-state index in [9.17, 15) is 9.90 Å². The van der Waals surface area contributed by atoms with E-state index in [1.54, 1.807) is 7.11 Å². The Hall–Kier alpha value is -0.410. The predicted octanol–water partition coefficient (Wildman–Crippen LogP) is 0.751. The van der Waals surface area contributed by atoms with Gasteiger partial charge in [0.2, 0.25) is 0 Å². The van der Waals surface area contributed by atoms with Crippen LogP contribution in [0.25, 0.3) is 0 Å². The lowest BCUT2D eigenvalue weighted by Crippen LogP contribution is -2.47. The molecule has 3 unspecified atom stereocenters. The highest BCUT2D eigenvalue weighted by atomic mass is 16.5. The summed E-state index contributed by atoms with van der Waals surface area (Å²) < 4.78 is 5.26. The number of hydrogen-bond acceptors (Lipinski definition) is 3. The van der Waals surface area contributed by atoms with Crippen molar-refractivity contribution in [2.75, 3.05) is 7.11 Å². The van der Waals surface area contributed by atoms with Crippen LogP contribution in [0.4, 0.5) is 0 Å². The van der Waals surface area contributed by atoms with Gasteiger partial charge in [-0.05, 0) is 26.2 Å². The van der Waals surface area contributed by atoms with Crippen LogP contribution in [0.1, 0.15) is 26.2 Å². The molecule has 3 nitrogen and oxygen atoms in total. The SMILES string of the molecule is COC1(C)CCCC(O)C1C=O. The largest absolute Gasteiger partial charge is 0.392 e. The molecule has 3 heteroatoms. The van der Waals surface area contributed by atoms with E-state index in [1.807, 2.05) is 6.92 Å². The molecule has 1 N–H and O–H groups in total. The van der Waals surface area contributed by atoms with Crippen molar-refractivity contribution in [3.05, 3.63) is 0 Å². The Morgan fingerprint density at radius 2 is 2.33 bits per heavy atom. The van der Waals surface area contributed by atoms with E-state index < -0.39 is 11.7 Å². The third-order valence-electron chi connectivity index (χ3n) is 2.91. The summed E-state index contributed by atoms with van der Waals surface area (Å²) in [6, 6.07) is 0. The van der Waals surface area contributed by atoms with Crippen LogP contribution in [0, 0.1) is 5.92 Å². The van der Waals surface area contributed by atoms with Gasteiger partial charge in [0, 0.05) is 7.11 Å². The van der Waals surface area contributed by atoms with E-state index in [1.165, 1.54) is 0 Å². The molecule has 70 valence electrons. The molecule has 0 radical (unpaired) electrons. The molecule has 0 bridgehead atoms. The van der Waals surface area contributed by atoms with Gasteiger partial charge in [0.05, 0.1) is 17.6 Å². The fourth-order valence-electron chi connectivity index (χ4n) is 1.89. The number of aliphatic hydroxyl groups is 1. The molecule has 1 saturated carbocycles. The molecule has 0 saturated heterocycles. The summed E-state index contributed by atoms with van der Waals surface area (Å²) in [4.78, 5) is 10.7. The minimum Gasteiger partial charge on any atom is -0.392 e. The first-order valence-electron chi connectivity index (χ1n) is 4.32. The van der Waals surface area contributed by atoms with E-state index in [0.29, 0.717) is 6.42 Å². The summed E-state index contributed by atoms with van der Waals surface area (Å²) in [5, 5.41) is 9.52. The first-order valence-corrected chi connectivity index (χ1v) is 4.32. The van der Waals surface area contributed by atoms with E-state index in [4.69, 9.17) is 4.74 Å². The summed E-state index contributed by atoms with van der Waals surface area (Å²) in [7, 11) is 1.59. The number of methoxy groups -OCH3 is 1. The van der Waals surface area contributed by atoms with Crippen molar-refractivity contribution in [1.29, 1.82) is 0 Å². The van der Waals surface area contributed by atoms with Crippen molar-refractivity contribution in [2.24, 2.45) is 5.92 Å². The Bertz CT molecular complexity index is 169. The van der Waals surface area contributed by atoms with E-state index >= 15 is 0 Å². The summed E-state index contributed by atoms with van der Waals surface area (Å²) >= 11 is 0. The van der Waals surface area contributed by atoms with Gasteiger partial charge < -0.3 is 14.6 Å². The minimum atomic E-state index is -0.527. The van der Waals surface area contributed by atoms with E-state index in [0.717, 1.165) is 19.1 Å². The van der Waals surface area contributed by atoms with Gasteiger partial charge in [-0.1, -0.05) is 0 Å². The van der Waals surface area contributed by atoms with Gasteiger partial charge in [-0.2, -0.15) is 0 Å². The topological polar surface area (TPSA) is 46.5 Å². The van der Waals surface area contributed by atoms with Crippen LogP contribution in [0.2, 0.25) is 0 Å². The number of carbonyl (C=O) groups excluding carboxylic acids is 1. The molecule has 0 aromatic rings. The van der Waals surface area contributed by atoms with Gasteiger partial charge in [-0.25, -0.2) is 0 Å². The predicted molar refractivity (Wildman–Crippen MR) is 44.8 cm³/mol. The number of hydrogen-bond donors (Lipinski definition) is 1. The standard InChI is InChI=1S/C9H16O3/c1-9(12-2)5-3-4-8(11)7(9)6-10/h6-8,11H,3-5H2,1-2H3. The molecule has 0 spiro atoms. The molecular formula is C9H16O3. The van der Waals surface area contributed by atoms with Gasteiger partial charge in [0.1, 0.15) is 6.29 Å². The van der Waals surface area contributed by atoms with Gasteiger partial charge >= 0.3 is 0 Å².